The maximum atomic E-state index is 13.4. The number of nitrogens with zero attached hydrogens (tertiary/aromatic N) is 1. The first kappa shape index (κ1) is 23.1. The van der Waals surface area contributed by atoms with Gasteiger partial charge in [0.25, 0.3) is 11.6 Å². The molecule has 0 saturated heterocycles. The van der Waals surface area contributed by atoms with Crippen LogP contribution in [0.1, 0.15) is 22.8 Å². The van der Waals surface area contributed by atoms with Crippen molar-refractivity contribution in [1.82, 2.24) is 10.4 Å². The molecule has 31 heavy (non-hydrogen) atoms. The van der Waals surface area contributed by atoms with Crippen LogP contribution < -0.4 is 14.9 Å². The highest BCUT2D eigenvalue weighted by molar-refractivity contribution is 6.42. The Morgan fingerprint density at radius 1 is 1.23 bits per heavy atom. The molecule has 0 fully saturated rings. The fourth-order valence-electron chi connectivity index (χ4n) is 2.98. The Balaban J connectivity index is 1.89. The number of carbonyl (C=O) groups is 1. The zero-order valence-corrected chi connectivity index (χ0v) is 17.8. The van der Waals surface area contributed by atoms with Crippen LogP contribution in [0.15, 0.2) is 48.2 Å². The minimum atomic E-state index is -5.12. The molecular formula is C20H17Cl2F3N2O4. The van der Waals surface area contributed by atoms with Gasteiger partial charge in [-0.25, -0.2) is 5.01 Å². The molecule has 1 heterocycles. The monoisotopic (exact) mass is 476 g/mol. The SMILES string of the molecule is COc1ccc(C(=O)N2NC(C)=CC2(O)C(F)(F)F)cc1COc1cccc(Cl)c1Cl. The van der Waals surface area contributed by atoms with Crippen LogP contribution in [0, 0.1) is 0 Å². The second-order valence-electron chi connectivity index (χ2n) is 6.67. The van der Waals surface area contributed by atoms with Crippen LogP contribution >= 0.6 is 23.2 Å². The fourth-order valence-corrected chi connectivity index (χ4v) is 3.33. The third-order valence-corrected chi connectivity index (χ3v) is 5.30. The molecule has 0 aliphatic carbocycles. The van der Waals surface area contributed by atoms with E-state index in [1.165, 1.54) is 32.2 Å². The summed E-state index contributed by atoms with van der Waals surface area (Å²) in [5, 5.41) is 10.7. The molecule has 0 bridgehead atoms. The van der Waals surface area contributed by atoms with Gasteiger partial charge >= 0.3 is 6.18 Å². The number of alkyl halides is 3. The molecule has 2 N–H and O–H groups in total. The predicted molar refractivity (Wildman–Crippen MR) is 108 cm³/mol. The molecule has 6 nitrogen and oxygen atoms in total. The van der Waals surface area contributed by atoms with Gasteiger partial charge in [-0.15, -0.1) is 0 Å². The van der Waals surface area contributed by atoms with Gasteiger partial charge in [-0.05, 0) is 43.3 Å². The lowest BCUT2D eigenvalue weighted by atomic mass is 10.1. The molecular weight excluding hydrogens is 460 g/mol. The fraction of sp³-hybridized carbons (Fsp3) is 0.250. The number of aliphatic hydroxyl groups is 1. The number of benzene rings is 2. The Labute approximate surface area is 185 Å². The number of hydrogen-bond donors (Lipinski definition) is 2. The lowest BCUT2D eigenvalue weighted by Crippen LogP contribution is -2.60. The first-order chi connectivity index (χ1) is 14.5. The van der Waals surface area contributed by atoms with E-state index in [4.69, 9.17) is 32.7 Å². The number of carbonyl (C=O) groups excluding carboxylic acids is 1. The molecule has 1 unspecified atom stereocenters. The number of nitrogens with one attached hydrogen (secondary N) is 1. The third-order valence-electron chi connectivity index (χ3n) is 4.49. The molecule has 1 amide bonds. The van der Waals surface area contributed by atoms with Crippen molar-refractivity contribution in [2.75, 3.05) is 7.11 Å². The van der Waals surface area contributed by atoms with Crippen molar-refractivity contribution in [2.45, 2.75) is 25.4 Å². The largest absolute Gasteiger partial charge is 0.496 e. The Kier molecular flexibility index (Phi) is 6.31. The summed E-state index contributed by atoms with van der Waals surface area (Å²) in [5.74, 6) is -0.484. The summed E-state index contributed by atoms with van der Waals surface area (Å²) < 4.78 is 51.2. The molecule has 166 valence electrons. The van der Waals surface area contributed by atoms with E-state index in [0.29, 0.717) is 17.4 Å². The van der Waals surface area contributed by atoms with Crippen LogP contribution in [-0.2, 0) is 6.61 Å². The van der Waals surface area contributed by atoms with Gasteiger partial charge in [0.1, 0.15) is 23.1 Å². The van der Waals surface area contributed by atoms with Crippen LogP contribution in [0.25, 0.3) is 0 Å². The molecule has 11 heteroatoms. The van der Waals surface area contributed by atoms with Crippen LogP contribution in [0.3, 0.4) is 0 Å². The molecule has 2 aromatic carbocycles. The maximum absolute atomic E-state index is 13.4. The molecule has 1 atom stereocenters. The van der Waals surface area contributed by atoms with Gasteiger partial charge in [-0.3, -0.25) is 10.2 Å². The zero-order valence-electron chi connectivity index (χ0n) is 16.3. The summed E-state index contributed by atoms with van der Waals surface area (Å²) in [6.07, 6.45) is -4.59. The van der Waals surface area contributed by atoms with E-state index in [2.05, 4.69) is 5.43 Å². The number of ether oxygens (including phenoxy) is 2. The Bertz CT molecular complexity index is 1050. The number of rotatable bonds is 5. The van der Waals surface area contributed by atoms with Gasteiger partial charge in [-0.1, -0.05) is 29.3 Å². The highest BCUT2D eigenvalue weighted by Crippen LogP contribution is 2.38. The third kappa shape index (κ3) is 4.39. The molecule has 0 aromatic heterocycles. The number of methoxy groups -OCH3 is 1. The minimum absolute atomic E-state index is 0.0270. The average Bonchev–Trinajstić information content (AvgIpc) is 3.03. The van der Waals surface area contributed by atoms with Gasteiger partial charge in [-0.2, -0.15) is 13.2 Å². The van der Waals surface area contributed by atoms with E-state index in [1.54, 1.807) is 18.2 Å². The van der Waals surface area contributed by atoms with Crippen molar-refractivity contribution in [1.29, 1.82) is 0 Å². The Hall–Kier alpha value is -2.62. The van der Waals surface area contributed by atoms with E-state index in [-0.39, 0.29) is 38.7 Å². The lowest BCUT2D eigenvalue weighted by molar-refractivity contribution is -0.283. The van der Waals surface area contributed by atoms with Gasteiger partial charge in [0.05, 0.1) is 12.1 Å². The number of amides is 1. The summed E-state index contributed by atoms with van der Waals surface area (Å²) in [7, 11) is 1.39. The van der Waals surface area contributed by atoms with Crippen LogP contribution in [0.5, 0.6) is 11.5 Å². The van der Waals surface area contributed by atoms with Crippen molar-refractivity contribution >= 4 is 29.1 Å². The van der Waals surface area contributed by atoms with Gasteiger partial charge in [0, 0.05) is 16.8 Å². The number of hydrazine groups is 1. The number of halogens is 5. The molecule has 1 aliphatic heterocycles. The van der Waals surface area contributed by atoms with E-state index in [1.807, 2.05) is 0 Å². The van der Waals surface area contributed by atoms with Crippen molar-refractivity contribution < 1.29 is 32.5 Å². The first-order valence-electron chi connectivity index (χ1n) is 8.81. The van der Waals surface area contributed by atoms with Crippen molar-refractivity contribution in [3.05, 3.63) is 69.3 Å². The van der Waals surface area contributed by atoms with Crippen LogP contribution in [0.2, 0.25) is 10.0 Å². The topological polar surface area (TPSA) is 71.0 Å². The first-order valence-corrected chi connectivity index (χ1v) is 9.57. The highest BCUT2D eigenvalue weighted by atomic mass is 35.5. The average molecular weight is 477 g/mol. The maximum Gasteiger partial charge on any atom is 0.442 e. The Morgan fingerprint density at radius 2 is 1.94 bits per heavy atom. The Morgan fingerprint density at radius 3 is 2.58 bits per heavy atom. The minimum Gasteiger partial charge on any atom is -0.496 e. The summed E-state index contributed by atoms with van der Waals surface area (Å²) in [6, 6.07) is 8.80. The summed E-state index contributed by atoms with van der Waals surface area (Å²) >= 11 is 12.0. The van der Waals surface area contributed by atoms with Crippen molar-refractivity contribution in [3.8, 4) is 11.5 Å². The molecule has 0 saturated carbocycles. The van der Waals surface area contributed by atoms with Gasteiger partial charge in [0.2, 0.25) is 0 Å². The standard InChI is InChI=1S/C20H17Cl2F3N2O4/c1-11-9-19(29,20(23,24)25)27(26-11)18(28)12-6-7-15(30-2)13(8-12)10-31-16-5-3-4-14(21)17(16)22/h3-9,26,29H,10H2,1-2H3. The molecule has 1 aliphatic rings. The number of allylic oxidation sites excluding steroid dienone is 1. The van der Waals surface area contributed by atoms with Gasteiger partial charge in [0.15, 0.2) is 0 Å². The van der Waals surface area contributed by atoms with E-state index >= 15 is 0 Å². The predicted octanol–water partition coefficient (Wildman–Crippen LogP) is 4.70. The molecule has 2 aromatic rings. The molecule has 0 spiro atoms. The summed E-state index contributed by atoms with van der Waals surface area (Å²) in [6.45, 7) is 1.19. The second kappa shape index (κ2) is 8.49. The van der Waals surface area contributed by atoms with Gasteiger partial charge < -0.3 is 14.6 Å². The second-order valence-corrected chi connectivity index (χ2v) is 7.46. The molecule has 3 rings (SSSR count). The number of hydrogen-bond acceptors (Lipinski definition) is 5. The molecule has 0 radical (unpaired) electrons. The van der Waals surface area contributed by atoms with E-state index in [0.717, 1.165) is 0 Å². The normalized spacial score (nSPS) is 18.5. The van der Waals surface area contributed by atoms with E-state index < -0.39 is 17.8 Å². The van der Waals surface area contributed by atoms with Crippen molar-refractivity contribution in [2.24, 2.45) is 0 Å². The zero-order chi connectivity index (χ0) is 23.0. The lowest BCUT2D eigenvalue weighted by Gasteiger charge is -2.33. The van der Waals surface area contributed by atoms with E-state index in [9.17, 15) is 23.1 Å². The van der Waals surface area contributed by atoms with Crippen molar-refractivity contribution in [3.63, 3.8) is 0 Å². The smallest absolute Gasteiger partial charge is 0.442 e. The highest BCUT2D eigenvalue weighted by Gasteiger charge is 2.61. The quantitative estimate of drug-likeness (QED) is 0.654. The van der Waals surface area contributed by atoms with Crippen LogP contribution in [0.4, 0.5) is 13.2 Å². The van der Waals surface area contributed by atoms with Crippen LogP contribution in [-0.4, -0.2) is 35.0 Å². The summed E-state index contributed by atoms with van der Waals surface area (Å²) in [5.41, 5.74) is -1.03. The summed E-state index contributed by atoms with van der Waals surface area (Å²) in [4.78, 5) is 12.8.